The van der Waals surface area contributed by atoms with E-state index < -0.39 is 17.9 Å². The van der Waals surface area contributed by atoms with Crippen molar-refractivity contribution < 1.29 is 23.5 Å². The maximum Gasteiger partial charge on any atom is 0.261 e. The first-order valence-corrected chi connectivity index (χ1v) is 12.5. The van der Waals surface area contributed by atoms with Gasteiger partial charge in [0.2, 0.25) is 11.8 Å². The second-order valence-corrected chi connectivity index (χ2v) is 9.18. The first kappa shape index (κ1) is 25.7. The van der Waals surface area contributed by atoms with Gasteiger partial charge in [-0.25, -0.2) is 0 Å². The Morgan fingerprint density at radius 1 is 0.973 bits per heavy atom. The number of amides is 3. The third-order valence-electron chi connectivity index (χ3n) is 5.68. The van der Waals surface area contributed by atoms with Crippen LogP contribution < -0.4 is 20.3 Å². The van der Waals surface area contributed by atoms with Crippen molar-refractivity contribution in [2.45, 2.75) is 19.5 Å². The monoisotopic (exact) mass is 517 g/mol. The van der Waals surface area contributed by atoms with Crippen LogP contribution in [-0.2, 0) is 16.1 Å². The Labute approximate surface area is 218 Å². The van der Waals surface area contributed by atoms with Crippen molar-refractivity contribution in [1.29, 1.82) is 0 Å². The Balaban J connectivity index is 1.68. The van der Waals surface area contributed by atoms with Gasteiger partial charge in [-0.2, -0.15) is 0 Å². The number of benzene rings is 2. The summed E-state index contributed by atoms with van der Waals surface area (Å²) in [6.07, 6.45) is 1.53. The number of aryl methyl sites for hydroxylation is 1. The van der Waals surface area contributed by atoms with E-state index >= 15 is 0 Å². The largest absolute Gasteiger partial charge is 0.497 e. The van der Waals surface area contributed by atoms with Crippen LogP contribution >= 0.6 is 11.3 Å². The summed E-state index contributed by atoms with van der Waals surface area (Å²) in [6, 6.07) is 20.2. The van der Waals surface area contributed by atoms with E-state index in [0.717, 1.165) is 5.56 Å². The molecule has 0 spiro atoms. The first-order valence-electron chi connectivity index (χ1n) is 11.6. The summed E-state index contributed by atoms with van der Waals surface area (Å²) >= 11 is 1.28. The van der Waals surface area contributed by atoms with Gasteiger partial charge in [-0.1, -0.05) is 35.9 Å². The summed E-state index contributed by atoms with van der Waals surface area (Å²) in [7, 11) is 1.55. The van der Waals surface area contributed by atoms with Gasteiger partial charge in [0.15, 0.2) is 0 Å². The summed E-state index contributed by atoms with van der Waals surface area (Å²) in [5.41, 5.74) is 2.12. The Bertz CT molecular complexity index is 1320. The Morgan fingerprint density at radius 2 is 1.73 bits per heavy atom. The topological polar surface area (TPSA) is 101 Å². The van der Waals surface area contributed by atoms with Crippen LogP contribution in [0.1, 0.15) is 32.6 Å². The Kier molecular flexibility index (Phi) is 8.37. The minimum Gasteiger partial charge on any atom is -0.497 e. The molecule has 2 aromatic heterocycles. The molecule has 0 aliphatic carbocycles. The van der Waals surface area contributed by atoms with Gasteiger partial charge >= 0.3 is 0 Å². The zero-order chi connectivity index (χ0) is 26.2. The summed E-state index contributed by atoms with van der Waals surface area (Å²) in [5.74, 6) is -0.00664. The van der Waals surface area contributed by atoms with Crippen LogP contribution in [-0.4, -0.2) is 31.4 Å². The lowest BCUT2D eigenvalue weighted by Crippen LogP contribution is -2.47. The van der Waals surface area contributed by atoms with E-state index in [1.54, 1.807) is 61.0 Å². The first-order chi connectivity index (χ1) is 18.0. The lowest BCUT2D eigenvalue weighted by molar-refractivity contribution is -0.126. The summed E-state index contributed by atoms with van der Waals surface area (Å²) in [5, 5.41) is 7.34. The average Bonchev–Trinajstić information content (AvgIpc) is 3.64. The van der Waals surface area contributed by atoms with E-state index in [0.29, 0.717) is 27.6 Å². The van der Waals surface area contributed by atoms with Crippen LogP contribution in [0.3, 0.4) is 0 Å². The molecule has 2 aromatic carbocycles. The van der Waals surface area contributed by atoms with Gasteiger partial charge in [0, 0.05) is 5.69 Å². The fraction of sp³-hybridized carbons (Fsp3) is 0.179. The molecule has 0 saturated heterocycles. The van der Waals surface area contributed by atoms with Crippen molar-refractivity contribution in [2.24, 2.45) is 0 Å². The number of nitrogens with zero attached hydrogens (tertiary/aromatic N) is 1. The zero-order valence-corrected chi connectivity index (χ0v) is 21.3. The molecule has 1 atom stereocenters. The summed E-state index contributed by atoms with van der Waals surface area (Å²) in [6.45, 7) is 1.81. The van der Waals surface area contributed by atoms with Gasteiger partial charge in [0.05, 0.1) is 31.3 Å². The molecule has 9 heteroatoms. The summed E-state index contributed by atoms with van der Waals surface area (Å²) < 4.78 is 10.6. The van der Waals surface area contributed by atoms with Crippen molar-refractivity contribution in [3.63, 3.8) is 0 Å². The number of hydrogen-bond donors (Lipinski definition) is 2. The highest BCUT2D eigenvalue weighted by molar-refractivity contribution is 7.12. The maximum absolute atomic E-state index is 13.7. The van der Waals surface area contributed by atoms with Gasteiger partial charge in [-0.3, -0.25) is 19.3 Å². The quantitative estimate of drug-likeness (QED) is 0.323. The van der Waals surface area contributed by atoms with Crippen molar-refractivity contribution in [3.8, 4) is 5.75 Å². The normalized spacial score (nSPS) is 11.4. The fourth-order valence-corrected chi connectivity index (χ4v) is 4.41. The van der Waals surface area contributed by atoms with Crippen molar-refractivity contribution in [2.75, 3.05) is 18.6 Å². The minimum absolute atomic E-state index is 0.161. The zero-order valence-electron chi connectivity index (χ0n) is 20.5. The molecule has 2 heterocycles. The predicted octanol–water partition coefficient (Wildman–Crippen LogP) is 4.48. The van der Waals surface area contributed by atoms with Crippen LogP contribution in [0.25, 0.3) is 0 Å². The molecule has 0 aliphatic rings. The molecule has 4 rings (SSSR count). The van der Waals surface area contributed by atoms with Gasteiger partial charge in [-0.15, -0.1) is 11.3 Å². The molecule has 2 N–H and O–H groups in total. The van der Waals surface area contributed by atoms with Crippen molar-refractivity contribution in [3.05, 3.63) is 106 Å². The summed E-state index contributed by atoms with van der Waals surface area (Å²) in [4.78, 5) is 41.7. The predicted molar refractivity (Wildman–Crippen MR) is 142 cm³/mol. The van der Waals surface area contributed by atoms with E-state index in [4.69, 9.17) is 9.15 Å². The number of ether oxygens (including phenoxy) is 1. The van der Waals surface area contributed by atoms with Gasteiger partial charge in [0.1, 0.15) is 17.6 Å². The highest BCUT2D eigenvalue weighted by atomic mass is 32.1. The highest BCUT2D eigenvalue weighted by Crippen LogP contribution is 2.30. The molecule has 37 heavy (non-hydrogen) atoms. The average molecular weight is 518 g/mol. The lowest BCUT2D eigenvalue weighted by Gasteiger charge is -2.31. The van der Waals surface area contributed by atoms with Crippen LogP contribution in [0.2, 0.25) is 0 Å². The number of furan rings is 1. The molecule has 0 aliphatic heterocycles. The van der Waals surface area contributed by atoms with Crippen molar-refractivity contribution in [1.82, 2.24) is 10.6 Å². The van der Waals surface area contributed by atoms with Gasteiger partial charge < -0.3 is 19.8 Å². The number of methoxy groups -OCH3 is 1. The number of anilines is 1. The van der Waals surface area contributed by atoms with E-state index in [1.165, 1.54) is 22.5 Å². The molecule has 0 radical (unpaired) electrons. The number of hydrogen-bond acceptors (Lipinski definition) is 6. The van der Waals surface area contributed by atoms with E-state index in [9.17, 15) is 14.4 Å². The number of carbonyl (C=O) groups excluding carboxylic acids is 3. The SMILES string of the molecule is COc1ccc(N(C(=O)CNC(=O)c2cccs2)C(C(=O)NCc2ccco2)c2ccc(C)cc2)cc1. The van der Waals surface area contributed by atoms with Gasteiger partial charge in [-0.05, 0) is 60.3 Å². The minimum atomic E-state index is -1.00. The molecule has 8 nitrogen and oxygen atoms in total. The standard InChI is InChI=1S/C28H27N3O5S/c1-19-7-9-20(10-8-19)26(28(34)29-17-23-5-3-15-36-23)31(21-11-13-22(35-2)14-12-21)25(32)18-30-27(33)24-6-4-16-37-24/h3-16,26H,17-18H2,1-2H3,(H,29,34)(H,30,33). The second kappa shape index (κ2) is 12.0. The molecular weight excluding hydrogens is 490 g/mol. The molecule has 4 aromatic rings. The fourth-order valence-electron chi connectivity index (χ4n) is 3.77. The molecule has 190 valence electrons. The number of rotatable bonds is 10. The molecule has 0 saturated carbocycles. The maximum atomic E-state index is 13.7. The van der Waals surface area contributed by atoms with E-state index in [2.05, 4.69) is 10.6 Å². The Morgan fingerprint density at radius 3 is 2.35 bits per heavy atom. The number of thiophene rings is 1. The molecular formula is C28H27N3O5S. The van der Waals surface area contributed by atoms with Crippen molar-refractivity contribution >= 4 is 34.7 Å². The third kappa shape index (κ3) is 6.45. The van der Waals surface area contributed by atoms with Crippen LogP contribution in [0.5, 0.6) is 5.75 Å². The van der Waals surface area contributed by atoms with Crippen LogP contribution in [0.4, 0.5) is 5.69 Å². The van der Waals surface area contributed by atoms with Crippen LogP contribution in [0.15, 0.2) is 88.9 Å². The van der Waals surface area contributed by atoms with E-state index in [-0.39, 0.29) is 19.0 Å². The van der Waals surface area contributed by atoms with Gasteiger partial charge in [0.25, 0.3) is 5.91 Å². The lowest BCUT2D eigenvalue weighted by atomic mass is 10.0. The smallest absolute Gasteiger partial charge is 0.261 e. The van der Waals surface area contributed by atoms with Crippen LogP contribution in [0, 0.1) is 6.92 Å². The highest BCUT2D eigenvalue weighted by Gasteiger charge is 2.33. The molecule has 3 amide bonds. The molecule has 0 fully saturated rings. The number of carbonyl (C=O) groups is 3. The third-order valence-corrected chi connectivity index (χ3v) is 6.55. The number of nitrogens with one attached hydrogen (secondary N) is 2. The Hall–Kier alpha value is -4.37. The van der Waals surface area contributed by atoms with E-state index in [1.807, 2.05) is 31.2 Å². The second-order valence-electron chi connectivity index (χ2n) is 8.23. The molecule has 0 bridgehead atoms. The molecule has 1 unspecified atom stereocenters.